The van der Waals surface area contributed by atoms with Gasteiger partial charge in [0.1, 0.15) is 18.3 Å². The lowest BCUT2D eigenvalue weighted by Crippen LogP contribution is -2.33. The largest absolute Gasteiger partial charge is 0.394 e. The first-order chi connectivity index (χ1) is 12.9. The topological polar surface area (TPSA) is 200 Å². The molecule has 0 aliphatic carbocycles. The van der Waals surface area contributed by atoms with Crippen molar-refractivity contribution in [2.45, 2.75) is 31.0 Å². The summed E-state index contributed by atoms with van der Waals surface area (Å²) in [5, 5.41) is 40.4. The number of anilines is 1. The number of carbonyl (C=O) groups is 1. The highest BCUT2D eigenvalue weighted by molar-refractivity contribution is 6.06. The van der Waals surface area contributed by atoms with Crippen LogP contribution in [-0.2, 0) is 4.74 Å². The van der Waals surface area contributed by atoms with Crippen LogP contribution in [0.1, 0.15) is 23.0 Å². The molecule has 12 nitrogen and oxygen atoms in total. The number of nitrogens with one attached hydrogen (secondary N) is 2. The van der Waals surface area contributed by atoms with Crippen LogP contribution in [0.3, 0.4) is 0 Å². The number of hydrogen-bond donors (Lipinski definition) is 6. The average Bonchev–Trinajstić information content (AvgIpc) is 3.14. The van der Waals surface area contributed by atoms with Crippen molar-refractivity contribution in [1.29, 1.82) is 5.26 Å². The van der Waals surface area contributed by atoms with Crippen molar-refractivity contribution in [1.82, 2.24) is 19.9 Å². The minimum absolute atomic E-state index is 0.0310. The highest BCUT2D eigenvalue weighted by atomic mass is 16.6. The maximum Gasteiger partial charge on any atom is 0.262 e. The van der Waals surface area contributed by atoms with Crippen LogP contribution >= 0.6 is 0 Å². The van der Waals surface area contributed by atoms with Gasteiger partial charge >= 0.3 is 0 Å². The number of H-pyrrole nitrogens is 1. The number of rotatable bonds is 5. The monoisotopic (exact) mass is 378 g/mol. The number of aliphatic hydroxyl groups excluding tert-OH is 3. The summed E-state index contributed by atoms with van der Waals surface area (Å²) >= 11 is 0. The molecule has 1 aliphatic rings. The molecule has 2 aromatic rings. The number of nitrogens with two attached hydrogens (primary N) is 1. The Balaban J connectivity index is 2.10. The summed E-state index contributed by atoms with van der Waals surface area (Å²) in [6.45, 7) is -0.457. The molecule has 4 atom stereocenters. The van der Waals surface area contributed by atoms with E-state index in [0.717, 1.165) is 0 Å². The zero-order valence-electron chi connectivity index (χ0n) is 14.0. The van der Waals surface area contributed by atoms with E-state index in [0.29, 0.717) is 0 Å². The van der Waals surface area contributed by atoms with E-state index in [1.54, 1.807) is 0 Å². The Kier molecular flexibility index (Phi) is 5.10. The second-order valence-corrected chi connectivity index (χ2v) is 5.99. The molecule has 1 amide bonds. The molecule has 27 heavy (non-hydrogen) atoms. The average molecular weight is 378 g/mol. The van der Waals surface area contributed by atoms with Crippen molar-refractivity contribution in [3.8, 4) is 6.07 Å². The van der Waals surface area contributed by atoms with E-state index in [4.69, 9.17) is 15.7 Å². The molecule has 1 saturated heterocycles. The van der Waals surface area contributed by atoms with Gasteiger partial charge in [-0.2, -0.15) is 10.2 Å². The highest BCUT2D eigenvalue weighted by Crippen LogP contribution is 2.32. The maximum absolute atomic E-state index is 12.4. The molecule has 2 aromatic heterocycles. The number of carbonyl (C=O) groups excluding carboxylic acids is 1. The Bertz CT molecular complexity index is 962. The van der Waals surface area contributed by atoms with Crippen LogP contribution in [0.4, 0.5) is 5.95 Å². The van der Waals surface area contributed by atoms with Gasteiger partial charge in [-0.05, 0) is 0 Å². The molecule has 0 spiro atoms. The third-order valence-corrected chi connectivity index (χ3v) is 4.26. The van der Waals surface area contributed by atoms with Gasteiger partial charge in [0.25, 0.3) is 11.5 Å². The molecule has 1 fully saturated rings. The Morgan fingerprint density at radius 2 is 2.22 bits per heavy atom. The second kappa shape index (κ2) is 7.33. The third kappa shape index (κ3) is 3.24. The predicted molar refractivity (Wildman–Crippen MR) is 90.3 cm³/mol. The van der Waals surface area contributed by atoms with Crippen molar-refractivity contribution in [3.05, 3.63) is 22.1 Å². The van der Waals surface area contributed by atoms with Gasteiger partial charge in [0.2, 0.25) is 5.95 Å². The molecule has 12 heteroatoms. The summed E-state index contributed by atoms with van der Waals surface area (Å²) in [7, 11) is 0. The standard InChI is InChI=1S/C15H18N6O6/c16-2-1-3-18-12(25)6-4-21(11-8(6)13(26)20-15(17)19-11)14-10(24)9(23)7(5-22)27-14/h4,7,9-10,14,22-24H,1,3,5H2,(H,18,25)(H3,17,19,20,26)/t7-,9-,10-,14-/m1/s1. The van der Waals surface area contributed by atoms with Crippen LogP contribution in [0.5, 0.6) is 0 Å². The van der Waals surface area contributed by atoms with E-state index in [2.05, 4.69) is 15.3 Å². The minimum Gasteiger partial charge on any atom is -0.394 e. The van der Waals surface area contributed by atoms with Crippen LogP contribution in [0.2, 0.25) is 0 Å². The van der Waals surface area contributed by atoms with E-state index in [1.807, 2.05) is 6.07 Å². The van der Waals surface area contributed by atoms with Gasteiger partial charge in [-0.15, -0.1) is 0 Å². The Morgan fingerprint density at radius 1 is 1.48 bits per heavy atom. The summed E-state index contributed by atoms with van der Waals surface area (Å²) in [5.74, 6) is -0.840. The van der Waals surface area contributed by atoms with Crippen LogP contribution in [0.25, 0.3) is 11.0 Å². The van der Waals surface area contributed by atoms with E-state index < -0.39 is 42.6 Å². The Hall–Kier alpha value is -2.98. The fourth-order valence-electron chi connectivity index (χ4n) is 2.98. The second-order valence-electron chi connectivity index (χ2n) is 5.99. The summed E-state index contributed by atoms with van der Waals surface area (Å²) in [4.78, 5) is 31.1. The number of aliphatic hydroxyl groups is 3. The van der Waals surface area contributed by atoms with E-state index in [9.17, 15) is 24.9 Å². The quantitative estimate of drug-likeness (QED) is 0.306. The summed E-state index contributed by atoms with van der Waals surface area (Å²) in [6.07, 6.45) is -3.72. The van der Waals surface area contributed by atoms with Crippen molar-refractivity contribution in [2.75, 3.05) is 18.9 Å². The first-order valence-electron chi connectivity index (χ1n) is 8.07. The first kappa shape index (κ1) is 18.8. The number of amides is 1. The minimum atomic E-state index is -1.44. The van der Waals surface area contributed by atoms with Crippen molar-refractivity contribution in [2.24, 2.45) is 0 Å². The Labute approximate surface area is 151 Å². The van der Waals surface area contributed by atoms with E-state index >= 15 is 0 Å². The Morgan fingerprint density at radius 3 is 2.85 bits per heavy atom. The molecule has 7 N–H and O–H groups in total. The number of nitrogens with zero attached hydrogens (tertiary/aromatic N) is 3. The third-order valence-electron chi connectivity index (χ3n) is 4.26. The SMILES string of the molecule is N#CCCNC(=O)c1cn([C@@H]2O[C@H](CO)[C@@H](O)[C@H]2O)c2nc(N)[nH]c(=O)c12. The summed E-state index contributed by atoms with van der Waals surface area (Å²) in [6, 6.07) is 1.88. The smallest absolute Gasteiger partial charge is 0.262 e. The number of nitriles is 1. The van der Waals surface area contributed by atoms with Crippen molar-refractivity contribution < 1.29 is 24.9 Å². The van der Waals surface area contributed by atoms with Gasteiger partial charge in [-0.25, -0.2) is 0 Å². The molecule has 0 aromatic carbocycles. The zero-order valence-corrected chi connectivity index (χ0v) is 14.0. The molecule has 0 bridgehead atoms. The van der Waals surface area contributed by atoms with Gasteiger partial charge in [0.05, 0.1) is 30.0 Å². The maximum atomic E-state index is 12.4. The zero-order chi connectivity index (χ0) is 19.7. The first-order valence-corrected chi connectivity index (χ1v) is 8.07. The van der Waals surface area contributed by atoms with Gasteiger partial charge in [0.15, 0.2) is 11.9 Å². The van der Waals surface area contributed by atoms with Crippen molar-refractivity contribution >= 4 is 22.9 Å². The fourth-order valence-corrected chi connectivity index (χ4v) is 2.98. The van der Waals surface area contributed by atoms with Gasteiger partial charge in [0, 0.05) is 12.7 Å². The van der Waals surface area contributed by atoms with Gasteiger partial charge in [-0.1, -0.05) is 0 Å². The number of nitrogen functional groups attached to an aromatic ring is 1. The van der Waals surface area contributed by atoms with Crippen LogP contribution in [0.15, 0.2) is 11.0 Å². The number of aromatic nitrogens is 3. The highest BCUT2D eigenvalue weighted by Gasteiger charge is 2.44. The molecule has 3 rings (SSSR count). The number of ether oxygens (including phenoxy) is 1. The summed E-state index contributed by atoms with van der Waals surface area (Å²) < 4.78 is 6.66. The molecule has 0 unspecified atom stereocenters. The van der Waals surface area contributed by atoms with Crippen LogP contribution < -0.4 is 16.6 Å². The van der Waals surface area contributed by atoms with E-state index in [1.165, 1.54) is 10.8 Å². The molecule has 0 radical (unpaired) electrons. The van der Waals surface area contributed by atoms with E-state index in [-0.39, 0.29) is 35.5 Å². The van der Waals surface area contributed by atoms with Crippen LogP contribution in [0, 0.1) is 11.3 Å². The molecule has 144 valence electrons. The predicted octanol–water partition coefficient (Wildman–Crippen LogP) is -2.44. The fraction of sp³-hybridized carbons (Fsp3) is 0.467. The lowest BCUT2D eigenvalue weighted by Gasteiger charge is -2.17. The summed E-state index contributed by atoms with van der Waals surface area (Å²) in [5.41, 5.74) is 4.82. The molecular weight excluding hydrogens is 360 g/mol. The molecule has 1 aliphatic heterocycles. The normalized spacial score (nSPS) is 24.8. The molecule has 0 saturated carbocycles. The van der Waals surface area contributed by atoms with Crippen molar-refractivity contribution in [3.63, 3.8) is 0 Å². The van der Waals surface area contributed by atoms with Gasteiger partial charge in [-0.3, -0.25) is 14.6 Å². The molecule has 3 heterocycles. The van der Waals surface area contributed by atoms with Crippen LogP contribution in [-0.4, -0.2) is 67.2 Å². The molecular formula is C15H18N6O6. The number of fused-ring (bicyclic) bond motifs is 1. The number of hydrogen-bond acceptors (Lipinski definition) is 9. The lowest BCUT2D eigenvalue weighted by atomic mass is 10.1. The van der Waals surface area contributed by atoms with Gasteiger partial charge < -0.3 is 35.7 Å². The lowest BCUT2D eigenvalue weighted by molar-refractivity contribution is -0.0508. The number of aromatic amines is 1.